The van der Waals surface area contributed by atoms with Gasteiger partial charge >= 0.3 is 6.03 Å². The highest BCUT2D eigenvalue weighted by Crippen LogP contribution is 2.39. The van der Waals surface area contributed by atoms with Gasteiger partial charge in [-0.25, -0.2) is 9.78 Å². The van der Waals surface area contributed by atoms with Gasteiger partial charge in [-0.2, -0.15) is 0 Å². The minimum atomic E-state index is -0.371. The number of carbonyl (C=O) groups excluding carboxylic acids is 1. The Bertz CT molecular complexity index is 1590. The van der Waals surface area contributed by atoms with Crippen molar-refractivity contribution in [1.82, 2.24) is 9.97 Å². The summed E-state index contributed by atoms with van der Waals surface area (Å²) in [5.74, 6) is 2.19. The Balaban J connectivity index is 1.36. The number of nitrogens with zero attached hydrogens (tertiary/aromatic N) is 2. The number of amides is 2. The van der Waals surface area contributed by atoms with Crippen LogP contribution in [-0.2, 0) is 0 Å². The van der Waals surface area contributed by atoms with E-state index in [0.717, 1.165) is 22.0 Å². The van der Waals surface area contributed by atoms with Crippen LogP contribution in [0.15, 0.2) is 91.3 Å². The van der Waals surface area contributed by atoms with Gasteiger partial charge in [0.25, 0.3) is 0 Å². The Hall–Kier alpha value is -4.82. The third-order valence-corrected chi connectivity index (χ3v) is 5.99. The molecule has 0 fully saturated rings. The van der Waals surface area contributed by atoms with Crippen molar-refractivity contribution in [3.05, 3.63) is 96.3 Å². The number of benzene rings is 3. The molecule has 5 rings (SSSR count). The number of nitrogens with one attached hydrogen (secondary N) is 2. The van der Waals surface area contributed by atoms with Crippen molar-refractivity contribution in [3.8, 4) is 34.3 Å². The lowest BCUT2D eigenvalue weighted by atomic mass is 10.0. The smallest absolute Gasteiger partial charge is 0.323 e. The molecule has 0 radical (unpaired) electrons. The Kier molecular flexibility index (Phi) is 7.24. The predicted molar refractivity (Wildman–Crippen MR) is 149 cm³/mol. The van der Waals surface area contributed by atoms with Crippen molar-refractivity contribution < 1.29 is 19.0 Å². The number of hydrogen-bond acceptors (Lipinski definition) is 6. The molecular formula is C29H23ClN4O4. The van der Waals surface area contributed by atoms with Gasteiger partial charge in [0.1, 0.15) is 5.75 Å². The van der Waals surface area contributed by atoms with Crippen molar-refractivity contribution in [3.63, 3.8) is 0 Å². The lowest BCUT2D eigenvalue weighted by Gasteiger charge is -2.14. The van der Waals surface area contributed by atoms with Crippen molar-refractivity contribution in [2.24, 2.45) is 0 Å². The number of pyridine rings is 2. The summed E-state index contributed by atoms with van der Waals surface area (Å²) in [4.78, 5) is 21.3. The van der Waals surface area contributed by atoms with Gasteiger partial charge in [0, 0.05) is 45.8 Å². The molecule has 3 aromatic carbocycles. The fourth-order valence-electron chi connectivity index (χ4n) is 3.93. The Labute approximate surface area is 224 Å². The van der Waals surface area contributed by atoms with Gasteiger partial charge in [-0.1, -0.05) is 11.6 Å². The molecule has 0 spiro atoms. The monoisotopic (exact) mass is 526 g/mol. The minimum Gasteiger partial charge on any atom is -0.493 e. The van der Waals surface area contributed by atoms with Gasteiger partial charge in [-0.05, 0) is 78.4 Å². The molecule has 2 amide bonds. The fourth-order valence-corrected chi connectivity index (χ4v) is 4.06. The molecular weight excluding hydrogens is 504 g/mol. The molecule has 0 saturated heterocycles. The molecule has 38 heavy (non-hydrogen) atoms. The molecule has 2 aromatic heterocycles. The summed E-state index contributed by atoms with van der Waals surface area (Å²) < 4.78 is 17.1. The number of anilines is 2. The van der Waals surface area contributed by atoms with E-state index >= 15 is 0 Å². The lowest BCUT2D eigenvalue weighted by Crippen LogP contribution is -2.19. The molecule has 9 heteroatoms. The summed E-state index contributed by atoms with van der Waals surface area (Å²) in [7, 11) is 3.19. The number of hydrogen-bond donors (Lipinski definition) is 2. The van der Waals surface area contributed by atoms with Gasteiger partial charge in [0.05, 0.1) is 19.7 Å². The second-order valence-corrected chi connectivity index (χ2v) is 8.59. The fraction of sp³-hybridized carbons (Fsp3) is 0.0690. The van der Waals surface area contributed by atoms with Crippen LogP contribution in [0.2, 0.25) is 5.02 Å². The molecule has 0 unspecified atom stereocenters. The molecule has 190 valence electrons. The molecule has 0 aliphatic carbocycles. The molecule has 0 aliphatic rings. The van der Waals surface area contributed by atoms with Crippen molar-refractivity contribution in [2.75, 3.05) is 24.9 Å². The zero-order valence-corrected chi connectivity index (χ0v) is 21.3. The maximum Gasteiger partial charge on any atom is 0.323 e. The number of rotatable bonds is 7. The van der Waals surface area contributed by atoms with Gasteiger partial charge in [0.2, 0.25) is 5.88 Å². The van der Waals surface area contributed by atoms with Crippen molar-refractivity contribution in [2.45, 2.75) is 0 Å². The van der Waals surface area contributed by atoms with Crippen LogP contribution in [0.3, 0.4) is 0 Å². The van der Waals surface area contributed by atoms with Crippen LogP contribution in [0.1, 0.15) is 0 Å². The molecule has 0 aliphatic heterocycles. The topological polar surface area (TPSA) is 94.6 Å². The van der Waals surface area contributed by atoms with E-state index in [0.29, 0.717) is 39.5 Å². The zero-order valence-electron chi connectivity index (χ0n) is 20.6. The van der Waals surface area contributed by atoms with E-state index in [1.807, 2.05) is 30.3 Å². The Morgan fingerprint density at radius 2 is 1.42 bits per heavy atom. The van der Waals surface area contributed by atoms with E-state index in [9.17, 15) is 4.79 Å². The largest absolute Gasteiger partial charge is 0.493 e. The predicted octanol–water partition coefficient (Wildman–Crippen LogP) is 7.40. The van der Waals surface area contributed by atoms with E-state index in [-0.39, 0.29) is 6.03 Å². The highest BCUT2D eigenvalue weighted by atomic mass is 35.5. The SMILES string of the molecule is COc1cc2nccc(-c3cccnc3Oc3ccc(NC(=O)Nc4ccc(Cl)cc4)cc3)c2cc1OC. The highest BCUT2D eigenvalue weighted by molar-refractivity contribution is 6.30. The van der Waals surface area contributed by atoms with E-state index in [1.54, 1.807) is 75.1 Å². The number of methoxy groups -OCH3 is 2. The molecule has 0 saturated carbocycles. The van der Waals surface area contributed by atoms with Crippen LogP contribution in [0.5, 0.6) is 23.1 Å². The molecule has 8 nitrogen and oxygen atoms in total. The maximum atomic E-state index is 12.3. The first-order chi connectivity index (χ1) is 18.5. The Morgan fingerprint density at radius 3 is 2.11 bits per heavy atom. The maximum absolute atomic E-state index is 12.3. The summed E-state index contributed by atoms with van der Waals surface area (Å²) >= 11 is 5.89. The number of ether oxygens (including phenoxy) is 3. The third kappa shape index (κ3) is 5.45. The second kappa shape index (κ2) is 11.1. The number of carbonyl (C=O) groups is 1. The van der Waals surface area contributed by atoms with Crippen LogP contribution in [0, 0.1) is 0 Å². The average molecular weight is 527 g/mol. The van der Waals surface area contributed by atoms with Crippen molar-refractivity contribution >= 4 is 39.9 Å². The quantitative estimate of drug-likeness (QED) is 0.229. The summed E-state index contributed by atoms with van der Waals surface area (Å²) in [6, 6.07) is 22.9. The van der Waals surface area contributed by atoms with Gasteiger partial charge in [0.15, 0.2) is 11.5 Å². The third-order valence-electron chi connectivity index (χ3n) is 5.74. The van der Waals surface area contributed by atoms with E-state index in [4.69, 9.17) is 25.8 Å². The Morgan fingerprint density at radius 1 is 0.763 bits per heavy atom. The lowest BCUT2D eigenvalue weighted by molar-refractivity contribution is 0.262. The van der Waals surface area contributed by atoms with Gasteiger partial charge in [-0.15, -0.1) is 0 Å². The molecule has 0 atom stereocenters. The van der Waals surface area contributed by atoms with Gasteiger partial charge < -0.3 is 24.8 Å². The first-order valence-electron chi connectivity index (χ1n) is 11.6. The second-order valence-electron chi connectivity index (χ2n) is 8.15. The number of aromatic nitrogens is 2. The van der Waals surface area contributed by atoms with Gasteiger partial charge in [-0.3, -0.25) is 4.98 Å². The van der Waals surface area contributed by atoms with Crippen LogP contribution in [-0.4, -0.2) is 30.2 Å². The van der Waals surface area contributed by atoms with E-state index in [1.165, 1.54) is 0 Å². The number of halogens is 1. The molecule has 5 aromatic rings. The highest BCUT2D eigenvalue weighted by Gasteiger charge is 2.15. The van der Waals surface area contributed by atoms with Crippen LogP contribution >= 0.6 is 11.6 Å². The summed E-state index contributed by atoms with van der Waals surface area (Å²) in [6.07, 6.45) is 3.40. The van der Waals surface area contributed by atoms with Crippen LogP contribution in [0.25, 0.3) is 22.0 Å². The average Bonchev–Trinajstić information content (AvgIpc) is 2.94. The zero-order chi connectivity index (χ0) is 26.5. The van der Waals surface area contributed by atoms with E-state index < -0.39 is 0 Å². The van der Waals surface area contributed by atoms with Crippen LogP contribution < -0.4 is 24.8 Å². The standard InChI is InChI=1S/C29H23ClN4O4/c1-36-26-16-24-22(13-15-31-25(24)17-27(26)37-2)23-4-3-14-32-28(23)38-21-11-9-20(10-12-21)34-29(35)33-19-7-5-18(30)6-8-19/h3-17H,1-2H3,(H2,33,34,35). The summed E-state index contributed by atoms with van der Waals surface area (Å²) in [6.45, 7) is 0. The normalized spacial score (nSPS) is 10.6. The molecule has 2 N–H and O–H groups in total. The number of fused-ring (bicyclic) bond motifs is 1. The summed E-state index contributed by atoms with van der Waals surface area (Å²) in [5, 5.41) is 7.01. The van der Waals surface area contributed by atoms with Crippen LogP contribution in [0.4, 0.5) is 16.2 Å². The number of urea groups is 1. The minimum absolute atomic E-state index is 0.371. The van der Waals surface area contributed by atoms with E-state index in [2.05, 4.69) is 20.6 Å². The first-order valence-corrected chi connectivity index (χ1v) is 12.0. The molecule has 0 bridgehead atoms. The summed E-state index contributed by atoms with van der Waals surface area (Å²) in [5.41, 5.74) is 3.66. The molecule has 2 heterocycles. The van der Waals surface area contributed by atoms with Crippen molar-refractivity contribution in [1.29, 1.82) is 0 Å². The first kappa shape index (κ1) is 24.9.